The van der Waals surface area contributed by atoms with Gasteiger partial charge in [-0.2, -0.15) is 24.7 Å². The summed E-state index contributed by atoms with van der Waals surface area (Å²) in [7, 11) is 0. The van der Waals surface area contributed by atoms with Crippen molar-refractivity contribution in [1.82, 2.24) is 39.3 Å². The van der Waals surface area contributed by atoms with Gasteiger partial charge in [0.2, 0.25) is 11.2 Å². The smallest absolute Gasteiger partial charge is 0.258 e. The fraction of sp³-hybridized carbons (Fsp3) is 0.273. The average molecular weight is 291 g/mol. The molecule has 0 radical (unpaired) electrons. The van der Waals surface area contributed by atoms with E-state index in [1.165, 1.54) is 17.3 Å². The molecule has 0 spiro atoms. The number of rotatable bonds is 4. The summed E-state index contributed by atoms with van der Waals surface area (Å²) >= 11 is 5.96. The highest BCUT2D eigenvalue weighted by Crippen LogP contribution is 2.11. The van der Waals surface area contributed by atoms with Crippen molar-refractivity contribution < 1.29 is 0 Å². The van der Waals surface area contributed by atoms with Crippen LogP contribution in [0.25, 0.3) is 11.9 Å². The van der Waals surface area contributed by atoms with Crippen molar-refractivity contribution in [2.75, 3.05) is 0 Å². The third-order valence-corrected chi connectivity index (χ3v) is 2.78. The molecule has 0 saturated carbocycles. The number of hydrogen-bond donors (Lipinski definition) is 0. The van der Waals surface area contributed by atoms with E-state index in [0.717, 1.165) is 18.7 Å². The summed E-state index contributed by atoms with van der Waals surface area (Å²) in [5, 5.41) is 4.07. The van der Waals surface area contributed by atoms with Gasteiger partial charge in [-0.3, -0.25) is 4.57 Å². The lowest BCUT2D eigenvalue weighted by atomic mass is 10.3. The van der Waals surface area contributed by atoms with E-state index in [1.54, 1.807) is 17.0 Å². The van der Waals surface area contributed by atoms with E-state index in [0.29, 0.717) is 11.9 Å². The maximum atomic E-state index is 5.96. The third kappa shape index (κ3) is 2.37. The quantitative estimate of drug-likeness (QED) is 0.718. The summed E-state index contributed by atoms with van der Waals surface area (Å²) < 4.78 is 3.21. The highest BCUT2D eigenvalue weighted by atomic mass is 35.5. The van der Waals surface area contributed by atoms with Crippen LogP contribution in [0, 0.1) is 0 Å². The number of nitrogens with zero attached hydrogens (tertiary/aromatic N) is 8. The second-order valence-electron chi connectivity index (χ2n) is 4.01. The average Bonchev–Trinajstić information content (AvgIpc) is 3.09. The Morgan fingerprint density at radius 2 is 2.05 bits per heavy atom. The van der Waals surface area contributed by atoms with Crippen molar-refractivity contribution in [3.05, 3.63) is 36.2 Å². The predicted octanol–water partition coefficient (Wildman–Crippen LogP) is 1.24. The maximum Gasteiger partial charge on any atom is 0.258 e. The molecule has 3 aromatic rings. The van der Waals surface area contributed by atoms with Gasteiger partial charge in [0.25, 0.3) is 5.95 Å². The molecule has 102 valence electrons. The summed E-state index contributed by atoms with van der Waals surface area (Å²) in [6.07, 6.45) is 8.20. The minimum absolute atomic E-state index is 0.0941. The SMILES string of the molecule is CCCc1nccn1-c1nc(Cl)nc(-n2cncn2)n1. The van der Waals surface area contributed by atoms with Crippen LogP contribution in [0.2, 0.25) is 5.28 Å². The molecule has 20 heavy (non-hydrogen) atoms. The van der Waals surface area contributed by atoms with Crippen LogP contribution >= 0.6 is 11.6 Å². The van der Waals surface area contributed by atoms with Crippen molar-refractivity contribution in [1.29, 1.82) is 0 Å². The fourth-order valence-corrected chi connectivity index (χ4v) is 1.93. The third-order valence-electron chi connectivity index (χ3n) is 2.61. The molecule has 0 fully saturated rings. The highest BCUT2D eigenvalue weighted by Gasteiger charge is 2.12. The first-order valence-electron chi connectivity index (χ1n) is 6.07. The zero-order valence-corrected chi connectivity index (χ0v) is 11.4. The van der Waals surface area contributed by atoms with E-state index >= 15 is 0 Å². The van der Waals surface area contributed by atoms with E-state index in [1.807, 2.05) is 0 Å². The molecule has 0 aromatic carbocycles. The van der Waals surface area contributed by atoms with Gasteiger partial charge >= 0.3 is 0 Å². The Labute approximate surface area is 119 Å². The fourth-order valence-electron chi connectivity index (χ4n) is 1.78. The molecule has 0 unspecified atom stereocenters. The standard InChI is InChI=1S/C11H11ClN8/c1-2-3-8-14-4-5-19(8)10-16-9(12)17-11(18-10)20-7-13-6-15-20/h4-7H,2-3H2,1H3. The largest absolute Gasteiger partial charge is 0.272 e. The van der Waals surface area contributed by atoms with Crippen molar-refractivity contribution in [2.24, 2.45) is 0 Å². The number of aryl methyl sites for hydroxylation is 1. The monoisotopic (exact) mass is 290 g/mol. The molecule has 0 amide bonds. The molecule has 3 aromatic heterocycles. The number of imidazole rings is 1. The van der Waals surface area contributed by atoms with Gasteiger partial charge in [0.05, 0.1) is 0 Å². The lowest BCUT2D eigenvalue weighted by Crippen LogP contribution is -2.10. The lowest BCUT2D eigenvalue weighted by Gasteiger charge is -2.07. The first-order valence-corrected chi connectivity index (χ1v) is 6.45. The molecular weight excluding hydrogens is 280 g/mol. The van der Waals surface area contributed by atoms with Crippen molar-refractivity contribution in [2.45, 2.75) is 19.8 Å². The summed E-state index contributed by atoms with van der Waals surface area (Å²) in [5.74, 6) is 1.60. The zero-order chi connectivity index (χ0) is 13.9. The highest BCUT2D eigenvalue weighted by molar-refractivity contribution is 6.28. The van der Waals surface area contributed by atoms with Crippen molar-refractivity contribution in [3.8, 4) is 11.9 Å². The molecule has 0 bridgehead atoms. The van der Waals surface area contributed by atoms with Crippen molar-refractivity contribution >= 4 is 11.6 Å². The van der Waals surface area contributed by atoms with Crippen LogP contribution in [-0.2, 0) is 6.42 Å². The molecule has 9 heteroatoms. The number of aromatic nitrogens is 8. The Kier molecular flexibility index (Phi) is 3.38. The zero-order valence-electron chi connectivity index (χ0n) is 10.7. The van der Waals surface area contributed by atoms with Crippen LogP contribution in [0.5, 0.6) is 0 Å². The second-order valence-corrected chi connectivity index (χ2v) is 4.35. The summed E-state index contributed by atoms with van der Waals surface area (Å²) in [6.45, 7) is 2.08. The van der Waals surface area contributed by atoms with Gasteiger partial charge < -0.3 is 0 Å². The summed E-state index contributed by atoms with van der Waals surface area (Å²) in [6, 6.07) is 0. The Morgan fingerprint density at radius 3 is 2.80 bits per heavy atom. The first kappa shape index (κ1) is 12.7. The Balaban J connectivity index is 2.08. The minimum Gasteiger partial charge on any atom is -0.272 e. The van der Waals surface area contributed by atoms with Gasteiger partial charge in [-0.15, -0.1) is 0 Å². The van der Waals surface area contributed by atoms with Gasteiger partial charge in [0.15, 0.2) is 0 Å². The van der Waals surface area contributed by atoms with E-state index < -0.39 is 0 Å². The van der Waals surface area contributed by atoms with Crippen LogP contribution in [0.3, 0.4) is 0 Å². The summed E-state index contributed by atoms with van der Waals surface area (Å²) in [4.78, 5) is 20.6. The van der Waals surface area contributed by atoms with E-state index in [4.69, 9.17) is 11.6 Å². The Bertz CT molecular complexity index is 705. The molecule has 3 heterocycles. The molecule has 0 aliphatic carbocycles. The second kappa shape index (κ2) is 5.33. The Morgan fingerprint density at radius 1 is 1.20 bits per heavy atom. The predicted molar refractivity (Wildman–Crippen MR) is 70.9 cm³/mol. The summed E-state index contributed by atoms with van der Waals surface area (Å²) in [5.41, 5.74) is 0. The number of halogens is 1. The van der Waals surface area contributed by atoms with Crippen LogP contribution in [0.1, 0.15) is 19.2 Å². The molecule has 0 atom stereocenters. The van der Waals surface area contributed by atoms with Gasteiger partial charge in [-0.05, 0) is 18.0 Å². The Hall–Kier alpha value is -2.35. The van der Waals surface area contributed by atoms with Crippen molar-refractivity contribution in [3.63, 3.8) is 0 Å². The van der Waals surface area contributed by atoms with E-state index in [2.05, 4.69) is 36.9 Å². The van der Waals surface area contributed by atoms with E-state index in [9.17, 15) is 0 Å². The molecule has 0 aliphatic rings. The van der Waals surface area contributed by atoms with Gasteiger partial charge in [0.1, 0.15) is 18.5 Å². The topological polar surface area (TPSA) is 87.2 Å². The number of hydrogen-bond acceptors (Lipinski definition) is 6. The maximum absolute atomic E-state index is 5.96. The normalized spacial score (nSPS) is 10.9. The lowest BCUT2D eigenvalue weighted by molar-refractivity contribution is 0.744. The first-order chi connectivity index (χ1) is 9.78. The molecule has 0 N–H and O–H groups in total. The molecule has 0 aliphatic heterocycles. The molecular formula is C11H11ClN8. The van der Waals surface area contributed by atoms with Crippen LogP contribution in [0.4, 0.5) is 0 Å². The van der Waals surface area contributed by atoms with E-state index in [-0.39, 0.29) is 5.28 Å². The van der Waals surface area contributed by atoms with Gasteiger partial charge in [-0.25, -0.2) is 9.97 Å². The van der Waals surface area contributed by atoms with Gasteiger partial charge in [-0.1, -0.05) is 6.92 Å². The van der Waals surface area contributed by atoms with Gasteiger partial charge in [0, 0.05) is 18.8 Å². The molecule has 3 rings (SSSR count). The molecule has 8 nitrogen and oxygen atoms in total. The van der Waals surface area contributed by atoms with Crippen LogP contribution in [-0.4, -0.2) is 39.3 Å². The van der Waals surface area contributed by atoms with Crippen LogP contribution < -0.4 is 0 Å². The van der Waals surface area contributed by atoms with Crippen LogP contribution in [0.15, 0.2) is 25.0 Å². The molecule has 0 saturated heterocycles. The minimum atomic E-state index is 0.0941.